The molecule has 1 aromatic carbocycles. The Labute approximate surface area is 111 Å². The minimum atomic E-state index is 0.0638. The Morgan fingerprint density at radius 3 is 3.32 bits per heavy atom. The lowest BCUT2D eigenvalue weighted by Crippen LogP contribution is -2.35. The third kappa shape index (κ3) is 2.46. The summed E-state index contributed by atoms with van der Waals surface area (Å²) in [7, 11) is 0. The van der Waals surface area contributed by atoms with E-state index in [9.17, 15) is 4.79 Å². The molecule has 1 aliphatic rings. The lowest BCUT2D eigenvalue weighted by atomic mass is 10.1. The van der Waals surface area contributed by atoms with Gasteiger partial charge in [-0.3, -0.25) is 9.89 Å². The highest BCUT2D eigenvalue weighted by atomic mass is 16.5. The van der Waals surface area contributed by atoms with Crippen LogP contribution in [-0.4, -0.2) is 46.8 Å². The van der Waals surface area contributed by atoms with Crippen molar-refractivity contribution in [1.82, 2.24) is 15.1 Å². The Hall–Kier alpha value is -1.88. The van der Waals surface area contributed by atoms with Crippen molar-refractivity contribution >= 4 is 16.8 Å². The van der Waals surface area contributed by atoms with Crippen LogP contribution in [0.2, 0.25) is 0 Å². The second-order valence-corrected chi connectivity index (χ2v) is 4.96. The predicted octanol–water partition coefficient (Wildman–Crippen LogP) is 1.81. The molecule has 1 atom stereocenters. The van der Waals surface area contributed by atoms with Gasteiger partial charge in [-0.15, -0.1) is 0 Å². The summed E-state index contributed by atoms with van der Waals surface area (Å²) in [6, 6.07) is 5.64. The number of aromatic amines is 1. The van der Waals surface area contributed by atoms with Crippen molar-refractivity contribution < 1.29 is 9.53 Å². The number of amides is 1. The molecule has 1 unspecified atom stereocenters. The van der Waals surface area contributed by atoms with Crippen molar-refractivity contribution in [1.29, 1.82) is 0 Å². The number of fused-ring (bicyclic) bond motifs is 1. The summed E-state index contributed by atoms with van der Waals surface area (Å²) in [5.41, 5.74) is 1.59. The Balaban J connectivity index is 1.85. The normalized spacial score (nSPS) is 20.5. The SMILES string of the molecule is CC1CN(C(=O)c2ccc3cn[nH]c3c2)CCCO1. The zero-order valence-electron chi connectivity index (χ0n) is 10.9. The number of ether oxygens (including phenoxy) is 1. The largest absolute Gasteiger partial charge is 0.377 e. The van der Waals surface area contributed by atoms with Crippen LogP contribution in [0.25, 0.3) is 10.9 Å². The molecule has 100 valence electrons. The zero-order valence-corrected chi connectivity index (χ0v) is 10.9. The van der Waals surface area contributed by atoms with Crippen molar-refractivity contribution in [3.63, 3.8) is 0 Å². The van der Waals surface area contributed by atoms with E-state index in [-0.39, 0.29) is 12.0 Å². The number of hydrogen-bond donors (Lipinski definition) is 1. The zero-order chi connectivity index (χ0) is 13.2. The number of nitrogens with one attached hydrogen (secondary N) is 1. The molecule has 0 saturated carbocycles. The van der Waals surface area contributed by atoms with E-state index in [2.05, 4.69) is 10.2 Å². The minimum Gasteiger partial charge on any atom is -0.377 e. The van der Waals surface area contributed by atoms with Crippen LogP contribution in [-0.2, 0) is 4.74 Å². The highest BCUT2D eigenvalue weighted by Crippen LogP contribution is 2.16. The smallest absolute Gasteiger partial charge is 0.254 e. The van der Waals surface area contributed by atoms with E-state index in [4.69, 9.17) is 4.74 Å². The summed E-state index contributed by atoms with van der Waals surface area (Å²) in [5, 5.41) is 7.88. The molecule has 0 bridgehead atoms. The van der Waals surface area contributed by atoms with Gasteiger partial charge in [0.05, 0.1) is 17.8 Å². The maximum atomic E-state index is 12.5. The Morgan fingerprint density at radius 1 is 1.53 bits per heavy atom. The van der Waals surface area contributed by atoms with Crippen LogP contribution in [0.3, 0.4) is 0 Å². The fourth-order valence-corrected chi connectivity index (χ4v) is 2.43. The van der Waals surface area contributed by atoms with Crippen molar-refractivity contribution in [3.05, 3.63) is 30.0 Å². The summed E-state index contributed by atoms with van der Waals surface area (Å²) >= 11 is 0. The third-order valence-corrected chi connectivity index (χ3v) is 3.43. The Bertz CT molecular complexity index is 593. The lowest BCUT2D eigenvalue weighted by molar-refractivity contribution is 0.0563. The first-order valence-electron chi connectivity index (χ1n) is 6.58. The van der Waals surface area contributed by atoms with E-state index in [1.807, 2.05) is 30.0 Å². The van der Waals surface area contributed by atoms with E-state index in [0.29, 0.717) is 12.1 Å². The highest BCUT2D eigenvalue weighted by Gasteiger charge is 2.21. The maximum Gasteiger partial charge on any atom is 0.254 e. The van der Waals surface area contributed by atoms with Gasteiger partial charge in [0.15, 0.2) is 0 Å². The van der Waals surface area contributed by atoms with Crippen molar-refractivity contribution in [2.45, 2.75) is 19.4 Å². The molecule has 0 spiro atoms. The number of benzene rings is 1. The first kappa shape index (κ1) is 12.2. The van der Waals surface area contributed by atoms with Crippen molar-refractivity contribution in [3.8, 4) is 0 Å². The second kappa shape index (κ2) is 5.01. The molecular formula is C14H17N3O2. The second-order valence-electron chi connectivity index (χ2n) is 4.96. The van der Waals surface area contributed by atoms with Crippen LogP contribution in [0.15, 0.2) is 24.4 Å². The van der Waals surface area contributed by atoms with Gasteiger partial charge in [-0.05, 0) is 25.5 Å². The topological polar surface area (TPSA) is 58.2 Å². The van der Waals surface area contributed by atoms with E-state index in [1.165, 1.54) is 0 Å². The molecule has 1 aromatic heterocycles. The van der Waals surface area contributed by atoms with E-state index in [0.717, 1.165) is 30.5 Å². The van der Waals surface area contributed by atoms with Gasteiger partial charge in [-0.25, -0.2) is 0 Å². The monoisotopic (exact) mass is 259 g/mol. The molecule has 5 heteroatoms. The molecule has 2 heterocycles. The predicted molar refractivity (Wildman–Crippen MR) is 72.0 cm³/mol. The van der Waals surface area contributed by atoms with Gasteiger partial charge in [0, 0.05) is 30.6 Å². The van der Waals surface area contributed by atoms with Crippen LogP contribution >= 0.6 is 0 Å². The van der Waals surface area contributed by atoms with Crippen LogP contribution < -0.4 is 0 Å². The summed E-state index contributed by atoms with van der Waals surface area (Å²) in [4.78, 5) is 14.4. The van der Waals surface area contributed by atoms with Crippen LogP contribution in [0.1, 0.15) is 23.7 Å². The minimum absolute atomic E-state index is 0.0638. The van der Waals surface area contributed by atoms with Crippen LogP contribution in [0.5, 0.6) is 0 Å². The van der Waals surface area contributed by atoms with Gasteiger partial charge in [0.2, 0.25) is 0 Å². The molecule has 1 amide bonds. The molecule has 19 heavy (non-hydrogen) atoms. The molecule has 1 saturated heterocycles. The van der Waals surface area contributed by atoms with Gasteiger partial charge in [-0.2, -0.15) is 5.10 Å². The summed E-state index contributed by atoms with van der Waals surface area (Å²) in [5.74, 6) is 0.0638. The highest BCUT2D eigenvalue weighted by molar-refractivity contribution is 5.97. The molecule has 5 nitrogen and oxygen atoms in total. The summed E-state index contributed by atoms with van der Waals surface area (Å²) in [6.45, 7) is 4.14. The number of H-pyrrole nitrogens is 1. The molecule has 2 aromatic rings. The number of carbonyl (C=O) groups is 1. The van der Waals surface area contributed by atoms with Gasteiger partial charge in [-0.1, -0.05) is 6.07 Å². The van der Waals surface area contributed by atoms with E-state index >= 15 is 0 Å². The molecule has 1 N–H and O–H groups in total. The molecule has 1 aliphatic heterocycles. The summed E-state index contributed by atoms with van der Waals surface area (Å²) < 4.78 is 5.57. The summed E-state index contributed by atoms with van der Waals surface area (Å²) in [6.07, 6.45) is 2.75. The first-order valence-corrected chi connectivity index (χ1v) is 6.58. The number of aromatic nitrogens is 2. The van der Waals surface area contributed by atoms with Gasteiger partial charge in [0.1, 0.15) is 0 Å². The number of hydrogen-bond acceptors (Lipinski definition) is 3. The third-order valence-electron chi connectivity index (χ3n) is 3.43. The maximum absolute atomic E-state index is 12.5. The molecular weight excluding hydrogens is 242 g/mol. The molecule has 0 radical (unpaired) electrons. The van der Waals surface area contributed by atoms with Crippen molar-refractivity contribution in [2.24, 2.45) is 0 Å². The van der Waals surface area contributed by atoms with E-state index in [1.54, 1.807) is 6.20 Å². The van der Waals surface area contributed by atoms with Gasteiger partial charge < -0.3 is 9.64 Å². The van der Waals surface area contributed by atoms with Crippen LogP contribution in [0, 0.1) is 0 Å². The van der Waals surface area contributed by atoms with Gasteiger partial charge in [0.25, 0.3) is 5.91 Å². The molecule has 3 rings (SSSR count). The Morgan fingerprint density at radius 2 is 2.42 bits per heavy atom. The standard InChI is InChI=1S/C14H17N3O2/c1-10-9-17(5-2-6-19-10)14(18)11-3-4-12-8-15-16-13(12)7-11/h3-4,7-8,10H,2,5-6,9H2,1H3,(H,15,16). The number of carbonyl (C=O) groups excluding carboxylic acids is 1. The average Bonchev–Trinajstić information content (AvgIpc) is 2.78. The Kier molecular flexibility index (Phi) is 3.21. The van der Waals surface area contributed by atoms with E-state index < -0.39 is 0 Å². The fourth-order valence-electron chi connectivity index (χ4n) is 2.43. The molecule has 1 fully saturated rings. The lowest BCUT2D eigenvalue weighted by Gasteiger charge is -2.22. The first-order chi connectivity index (χ1) is 9.24. The average molecular weight is 259 g/mol. The number of nitrogens with zero attached hydrogens (tertiary/aromatic N) is 2. The molecule has 0 aliphatic carbocycles. The number of rotatable bonds is 1. The van der Waals surface area contributed by atoms with Crippen LogP contribution in [0.4, 0.5) is 0 Å². The quantitative estimate of drug-likeness (QED) is 0.849. The van der Waals surface area contributed by atoms with Crippen molar-refractivity contribution in [2.75, 3.05) is 19.7 Å². The fraction of sp³-hybridized carbons (Fsp3) is 0.429. The van der Waals surface area contributed by atoms with Gasteiger partial charge >= 0.3 is 0 Å².